The summed E-state index contributed by atoms with van der Waals surface area (Å²) < 4.78 is 13.3. The van der Waals surface area contributed by atoms with Crippen LogP contribution in [0.15, 0.2) is 36.0 Å². The van der Waals surface area contributed by atoms with Gasteiger partial charge in [0.1, 0.15) is 5.82 Å². The van der Waals surface area contributed by atoms with Crippen LogP contribution in [0.5, 0.6) is 0 Å². The van der Waals surface area contributed by atoms with Gasteiger partial charge in [-0.25, -0.2) is 9.18 Å². The molecule has 3 rings (SSSR count). The number of amides is 1. The standard InChI is InChI=1S/C15H15FN2O2/c16-12-3-4-14-13(7-12)11(8-17-14)6-10-2-1-5-18(9-10)15(19)20/h2-4,7-8,17H,1,5-6,9H2,(H,19,20). The SMILES string of the molecule is O=C(O)N1CCC=C(Cc2c[nH]c3ccc(F)cc23)C1. The fourth-order valence-corrected chi connectivity index (χ4v) is 2.65. The molecule has 2 N–H and O–H groups in total. The molecule has 0 spiro atoms. The Bertz CT molecular complexity index is 690. The summed E-state index contributed by atoms with van der Waals surface area (Å²) in [5.41, 5.74) is 2.95. The van der Waals surface area contributed by atoms with E-state index in [0.717, 1.165) is 28.5 Å². The van der Waals surface area contributed by atoms with Crippen LogP contribution in [0.2, 0.25) is 0 Å². The molecule has 2 heterocycles. The van der Waals surface area contributed by atoms with Gasteiger partial charge in [-0.2, -0.15) is 0 Å². The van der Waals surface area contributed by atoms with E-state index in [-0.39, 0.29) is 5.82 Å². The number of H-pyrrole nitrogens is 1. The molecule has 0 saturated carbocycles. The second-order valence-corrected chi connectivity index (χ2v) is 5.04. The first-order chi connectivity index (χ1) is 9.63. The number of rotatable bonds is 2. The van der Waals surface area contributed by atoms with Gasteiger partial charge in [0.15, 0.2) is 0 Å². The Hall–Kier alpha value is -2.30. The second kappa shape index (κ2) is 5.00. The first-order valence-corrected chi connectivity index (χ1v) is 6.55. The number of benzene rings is 1. The Balaban J connectivity index is 1.84. The molecule has 1 aromatic heterocycles. The van der Waals surface area contributed by atoms with Gasteiger partial charge in [0.25, 0.3) is 0 Å². The van der Waals surface area contributed by atoms with Crippen LogP contribution in [0.25, 0.3) is 10.9 Å². The minimum Gasteiger partial charge on any atom is -0.465 e. The number of hydrogen-bond acceptors (Lipinski definition) is 1. The maximum atomic E-state index is 13.3. The van der Waals surface area contributed by atoms with Crippen LogP contribution in [-0.2, 0) is 6.42 Å². The summed E-state index contributed by atoms with van der Waals surface area (Å²) in [6.07, 6.45) is 4.44. The average Bonchev–Trinajstić information content (AvgIpc) is 2.82. The van der Waals surface area contributed by atoms with Gasteiger partial charge in [-0.3, -0.25) is 0 Å². The zero-order valence-electron chi connectivity index (χ0n) is 10.9. The van der Waals surface area contributed by atoms with E-state index in [1.54, 1.807) is 6.07 Å². The Morgan fingerprint density at radius 2 is 2.30 bits per heavy atom. The molecule has 0 bridgehead atoms. The van der Waals surface area contributed by atoms with Crippen molar-refractivity contribution in [1.82, 2.24) is 9.88 Å². The van der Waals surface area contributed by atoms with E-state index < -0.39 is 6.09 Å². The topological polar surface area (TPSA) is 56.3 Å². The molecule has 1 aliphatic heterocycles. The summed E-state index contributed by atoms with van der Waals surface area (Å²) in [6.45, 7) is 0.971. The predicted molar refractivity (Wildman–Crippen MR) is 74.3 cm³/mol. The number of nitrogens with one attached hydrogen (secondary N) is 1. The van der Waals surface area contributed by atoms with Gasteiger partial charge in [-0.1, -0.05) is 11.6 Å². The number of aromatic nitrogens is 1. The van der Waals surface area contributed by atoms with Crippen LogP contribution in [0.3, 0.4) is 0 Å². The maximum Gasteiger partial charge on any atom is 0.407 e. The van der Waals surface area contributed by atoms with Crippen molar-refractivity contribution in [2.45, 2.75) is 12.8 Å². The maximum absolute atomic E-state index is 13.3. The third kappa shape index (κ3) is 2.39. The molecule has 1 aliphatic rings. The van der Waals surface area contributed by atoms with Crippen molar-refractivity contribution in [2.75, 3.05) is 13.1 Å². The van der Waals surface area contributed by atoms with Gasteiger partial charge >= 0.3 is 6.09 Å². The number of halogens is 1. The third-order valence-electron chi connectivity index (χ3n) is 3.64. The lowest BCUT2D eigenvalue weighted by Gasteiger charge is -2.24. The molecule has 0 atom stereocenters. The van der Waals surface area contributed by atoms with E-state index in [1.807, 2.05) is 6.20 Å². The van der Waals surface area contributed by atoms with Crippen molar-refractivity contribution in [3.8, 4) is 0 Å². The summed E-state index contributed by atoms with van der Waals surface area (Å²) in [5.74, 6) is -0.261. The predicted octanol–water partition coefficient (Wildman–Crippen LogP) is 3.16. The third-order valence-corrected chi connectivity index (χ3v) is 3.64. The van der Waals surface area contributed by atoms with Gasteiger partial charge < -0.3 is 15.0 Å². The minimum atomic E-state index is -0.888. The first kappa shape index (κ1) is 12.7. The van der Waals surface area contributed by atoms with E-state index in [0.29, 0.717) is 19.5 Å². The van der Waals surface area contributed by atoms with Crippen molar-refractivity contribution in [3.05, 3.63) is 47.4 Å². The number of nitrogens with zero attached hydrogens (tertiary/aromatic N) is 1. The van der Waals surface area contributed by atoms with E-state index in [2.05, 4.69) is 11.1 Å². The van der Waals surface area contributed by atoms with Crippen molar-refractivity contribution >= 4 is 17.0 Å². The normalized spacial score (nSPS) is 15.4. The summed E-state index contributed by atoms with van der Waals surface area (Å²) in [6, 6.07) is 4.65. The zero-order valence-corrected chi connectivity index (χ0v) is 10.9. The van der Waals surface area contributed by atoms with Crippen molar-refractivity contribution < 1.29 is 14.3 Å². The molecular weight excluding hydrogens is 259 g/mol. The average molecular weight is 274 g/mol. The molecule has 1 amide bonds. The largest absolute Gasteiger partial charge is 0.465 e. The van der Waals surface area contributed by atoms with Crippen molar-refractivity contribution in [1.29, 1.82) is 0 Å². The fraction of sp³-hybridized carbons (Fsp3) is 0.267. The lowest BCUT2D eigenvalue weighted by Crippen LogP contribution is -2.34. The van der Waals surface area contributed by atoms with E-state index in [4.69, 9.17) is 5.11 Å². The molecule has 104 valence electrons. The molecule has 5 heteroatoms. The quantitative estimate of drug-likeness (QED) is 0.826. The lowest BCUT2D eigenvalue weighted by atomic mass is 10.0. The van der Waals surface area contributed by atoms with Crippen LogP contribution >= 0.6 is 0 Å². The Labute approximate surface area is 115 Å². The Kier molecular flexibility index (Phi) is 3.18. The van der Waals surface area contributed by atoms with Gasteiger partial charge in [-0.15, -0.1) is 0 Å². The number of aromatic amines is 1. The first-order valence-electron chi connectivity index (χ1n) is 6.55. The highest BCUT2D eigenvalue weighted by atomic mass is 19.1. The monoisotopic (exact) mass is 274 g/mol. The van der Waals surface area contributed by atoms with Crippen LogP contribution in [0.4, 0.5) is 9.18 Å². The molecule has 0 radical (unpaired) electrons. The molecule has 2 aromatic rings. The molecule has 1 aromatic carbocycles. The molecular formula is C15H15FN2O2. The Morgan fingerprint density at radius 3 is 3.10 bits per heavy atom. The number of carboxylic acid groups (broad SMARTS) is 1. The van der Waals surface area contributed by atoms with Crippen LogP contribution in [0, 0.1) is 5.82 Å². The van der Waals surface area contributed by atoms with Crippen LogP contribution in [0.1, 0.15) is 12.0 Å². The highest BCUT2D eigenvalue weighted by Crippen LogP contribution is 2.23. The summed E-state index contributed by atoms with van der Waals surface area (Å²) in [5, 5.41) is 9.89. The van der Waals surface area contributed by atoms with Crippen LogP contribution in [-0.4, -0.2) is 34.2 Å². The zero-order chi connectivity index (χ0) is 14.1. The smallest absolute Gasteiger partial charge is 0.407 e. The van der Waals surface area contributed by atoms with Gasteiger partial charge in [0.2, 0.25) is 0 Å². The highest BCUT2D eigenvalue weighted by molar-refractivity contribution is 5.83. The summed E-state index contributed by atoms with van der Waals surface area (Å²) in [7, 11) is 0. The van der Waals surface area contributed by atoms with E-state index >= 15 is 0 Å². The fourth-order valence-electron chi connectivity index (χ4n) is 2.65. The van der Waals surface area contributed by atoms with E-state index in [9.17, 15) is 9.18 Å². The molecule has 0 unspecified atom stereocenters. The molecule has 0 saturated heterocycles. The minimum absolute atomic E-state index is 0.261. The van der Waals surface area contributed by atoms with Gasteiger partial charge in [0.05, 0.1) is 0 Å². The number of fused-ring (bicyclic) bond motifs is 1. The highest BCUT2D eigenvalue weighted by Gasteiger charge is 2.18. The van der Waals surface area contributed by atoms with Crippen molar-refractivity contribution in [3.63, 3.8) is 0 Å². The van der Waals surface area contributed by atoms with Crippen molar-refractivity contribution in [2.24, 2.45) is 0 Å². The molecule has 20 heavy (non-hydrogen) atoms. The molecule has 4 nitrogen and oxygen atoms in total. The molecule has 0 fully saturated rings. The number of carbonyl (C=O) groups is 1. The Morgan fingerprint density at radius 1 is 1.45 bits per heavy atom. The lowest BCUT2D eigenvalue weighted by molar-refractivity contribution is 0.148. The summed E-state index contributed by atoms with van der Waals surface area (Å²) in [4.78, 5) is 15.5. The van der Waals surface area contributed by atoms with Gasteiger partial charge in [-0.05, 0) is 36.6 Å². The molecule has 0 aliphatic carbocycles. The number of hydrogen-bond donors (Lipinski definition) is 2. The van der Waals surface area contributed by atoms with Crippen LogP contribution < -0.4 is 0 Å². The van der Waals surface area contributed by atoms with Gasteiger partial charge in [0, 0.05) is 30.2 Å². The van der Waals surface area contributed by atoms with E-state index in [1.165, 1.54) is 17.0 Å². The summed E-state index contributed by atoms with van der Waals surface area (Å²) >= 11 is 0. The second-order valence-electron chi connectivity index (χ2n) is 5.04.